The second kappa shape index (κ2) is 11.0. The van der Waals surface area contributed by atoms with Crippen LogP contribution in [-0.4, -0.2) is 53.6 Å². The molecule has 0 unspecified atom stereocenters. The standard InChI is InChI=1S/C23H28N6.HI/c1-24-23(29-15-13-28(14-16-29)22-5-3-2-4-6-22)26-17-20-7-9-21(10-8-20)18-27-12-11-25-19-27;/h2-12,19H,13-18H2,1H3,(H,24,26);1H. The molecule has 158 valence electrons. The van der Waals surface area contributed by atoms with Crippen LogP contribution in [0.1, 0.15) is 11.1 Å². The molecule has 1 aliphatic heterocycles. The third kappa shape index (κ3) is 5.75. The van der Waals surface area contributed by atoms with Crippen molar-refractivity contribution in [3.05, 3.63) is 84.4 Å². The van der Waals surface area contributed by atoms with Gasteiger partial charge in [-0.05, 0) is 23.3 Å². The van der Waals surface area contributed by atoms with Gasteiger partial charge in [-0.2, -0.15) is 0 Å². The molecule has 0 radical (unpaired) electrons. The first-order valence-corrected chi connectivity index (χ1v) is 10.1. The Morgan fingerprint density at radius 2 is 1.67 bits per heavy atom. The fraction of sp³-hybridized carbons (Fsp3) is 0.304. The van der Waals surface area contributed by atoms with Crippen LogP contribution in [0.3, 0.4) is 0 Å². The van der Waals surface area contributed by atoms with Gasteiger partial charge in [0.1, 0.15) is 0 Å². The van der Waals surface area contributed by atoms with Crippen molar-refractivity contribution in [3.8, 4) is 0 Å². The van der Waals surface area contributed by atoms with Crippen LogP contribution in [0.5, 0.6) is 0 Å². The maximum atomic E-state index is 4.49. The van der Waals surface area contributed by atoms with Gasteiger partial charge in [-0.1, -0.05) is 42.5 Å². The summed E-state index contributed by atoms with van der Waals surface area (Å²) < 4.78 is 2.07. The van der Waals surface area contributed by atoms with E-state index in [1.165, 1.54) is 16.8 Å². The third-order valence-corrected chi connectivity index (χ3v) is 5.31. The van der Waals surface area contributed by atoms with E-state index in [2.05, 4.69) is 84.3 Å². The number of piperazine rings is 1. The summed E-state index contributed by atoms with van der Waals surface area (Å²) in [5.41, 5.74) is 3.82. The molecule has 1 saturated heterocycles. The van der Waals surface area contributed by atoms with Crippen LogP contribution in [0.15, 0.2) is 78.3 Å². The zero-order chi connectivity index (χ0) is 19.9. The summed E-state index contributed by atoms with van der Waals surface area (Å²) in [6, 6.07) is 19.3. The fourth-order valence-electron chi connectivity index (χ4n) is 3.68. The highest BCUT2D eigenvalue weighted by atomic mass is 127. The Hall–Kier alpha value is -2.55. The lowest BCUT2D eigenvalue weighted by atomic mass is 10.1. The maximum absolute atomic E-state index is 4.49. The van der Waals surface area contributed by atoms with Crippen LogP contribution in [0.4, 0.5) is 5.69 Å². The van der Waals surface area contributed by atoms with Gasteiger partial charge in [0.05, 0.1) is 6.33 Å². The van der Waals surface area contributed by atoms with Gasteiger partial charge >= 0.3 is 0 Å². The highest BCUT2D eigenvalue weighted by Gasteiger charge is 2.19. The SMILES string of the molecule is CN=C(NCc1ccc(Cn2ccnc2)cc1)N1CCN(c2ccccc2)CC1.I. The number of hydrogen-bond acceptors (Lipinski definition) is 3. The lowest BCUT2D eigenvalue weighted by Crippen LogP contribution is -2.52. The average Bonchev–Trinajstić information content (AvgIpc) is 3.29. The molecular formula is C23H29IN6. The van der Waals surface area contributed by atoms with Crippen LogP contribution >= 0.6 is 24.0 Å². The monoisotopic (exact) mass is 516 g/mol. The topological polar surface area (TPSA) is 48.7 Å². The number of aliphatic imine (C=N–C) groups is 1. The number of benzene rings is 2. The predicted octanol–water partition coefficient (Wildman–Crippen LogP) is 3.45. The Balaban J connectivity index is 0.00000256. The molecular weight excluding hydrogens is 487 g/mol. The summed E-state index contributed by atoms with van der Waals surface area (Å²) in [4.78, 5) is 13.4. The van der Waals surface area contributed by atoms with Crippen molar-refractivity contribution in [1.29, 1.82) is 0 Å². The van der Waals surface area contributed by atoms with Crippen molar-refractivity contribution in [2.45, 2.75) is 13.1 Å². The summed E-state index contributed by atoms with van der Waals surface area (Å²) in [5, 5.41) is 3.52. The van der Waals surface area contributed by atoms with Crippen molar-refractivity contribution in [2.75, 3.05) is 38.1 Å². The van der Waals surface area contributed by atoms with Gasteiger partial charge in [0.15, 0.2) is 5.96 Å². The molecule has 0 amide bonds. The first-order chi connectivity index (χ1) is 14.3. The van der Waals surface area contributed by atoms with E-state index in [0.29, 0.717) is 0 Å². The molecule has 7 heteroatoms. The number of hydrogen-bond donors (Lipinski definition) is 1. The first-order valence-electron chi connectivity index (χ1n) is 10.1. The summed E-state index contributed by atoms with van der Waals surface area (Å²) in [6.45, 7) is 5.58. The minimum Gasteiger partial charge on any atom is -0.368 e. The van der Waals surface area contributed by atoms with Gasteiger partial charge in [-0.25, -0.2) is 4.98 Å². The number of aromatic nitrogens is 2. The van der Waals surface area contributed by atoms with E-state index in [1.54, 1.807) is 0 Å². The number of para-hydroxylation sites is 1. The number of halogens is 1. The molecule has 1 aliphatic rings. The summed E-state index contributed by atoms with van der Waals surface area (Å²) >= 11 is 0. The lowest BCUT2D eigenvalue weighted by Gasteiger charge is -2.37. The van der Waals surface area contributed by atoms with Gasteiger partial charge in [0, 0.05) is 64.4 Å². The molecule has 0 atom stereocenters. The third-order valence-electron chi connectivity index (χ3n) is 5.31. The zero-order valence-corrected chi connectivity index (χ0v) is 19.6. The van der Waals surface area contributed by atoms with Crippen LogP contribution in [0, 0.1) is 0 Å². The van der Waals surface area contributed by atoms with Gasteiger partial charge in [-0.15, -0.1) is 24.0 Å². The van der Waals surface area contributed by atoms with Gasteiger partial charge in [0.25, 0.3) is 0 Å². The molecule has 4 rings (SSSR count). The summed E-state index contributed by atoms with van der Waals surface area (Å²) in [6.07, 6.45) is 5.64. The Kier molecular flexibility index (Phi) is 8.12. The van der Waals surface area contributed by atoms with Gasteiger partial charge in [0.2, 0.25) is 0 Å². The number of imidazole rings is 1. The Morgan fingerprint density at radius 1 is 0.967 bits per heavy atom. The number of rotatable bonds is 5. The van der Waals surface area contributed by atoms with E-state index < -0.39 is 0 Å². The molecule has 3 aromatic rings. The highest BCUT2D eigenvalue weighted by molar-refractivity contribution is 14.0. The van der Waals surface area contributed by atoms with E-state index in [4.69, 9.17) is 0 Å². The van der Waals surface area contributed by atoms with Crippen molar-refractivity contribution < 1.29 is 0 Å². The normalized spacial score (nSPS) is 14.4. The van der Waals surface area contributed by atoms with Crippen molar-refractivity contribution in [1.82, 2.24) is 19.8 Å². The zero-order valence-electron chi connectivity index (χ0n) is 17.3. The minimum absolute atomic E-state index is 0. The van der Waals surface area contributed by atoms with Crippen LogP contribution in [-0.2, 0) is 13.1 Å². The average molecular weight is 516 g/mol. The number of nitrogens with one attached hydrogen (secondary N) is 1. The van der Waals surface area contributed by atoms with Gasteiger partial charge < -0.3 is 19.7 Å². The van der Waals surface area contributed by atoms with E-state index >= 15 is 0 Å². The second-order valence-corrected chi connectivity index (χ2v) is 7.26. The quantitative estimate of drug-likeness (QED) is 0.321. The Morgan fingerprint density at radius 3 is 2.30 bits per heavy atom. The molecule has 1 aromatic heterocycles. The molecule has 2 heterocycles. The second-order valence-electron chi connectivity index (χ2n) is 7.26. The molecule has 1 fully saturated rings. The molecule has 0 saturated carbocycles. The highest BCUT2D eigenvalue weighted by Crippen LogP contribution is 2.15. The van der Waals surface area contributed by atoms with Crippen molar-refractivity contribution >= 4 is 35.6 Å². The van der Waals surface area contributed by atoms with Crippen LogP contribution < -0.4 is 10.2 Å². The molecule has 30 heavy (non-hydrogen) atoms. The number of nitrogens with zero attached hydrogens (tertiary/aromatic N) is 5. The molecule has 1 N–H and O–H groups in total. The van der Waals surface area contributed by atoms with Crippen LogP contribution in [0.2, 0.25) is 0 Å². The smallest absolute Gasteiger partial charge is 0.194 e. The van der Waals surface area contributed by atoms with Crippen molar-refractivity contribution in [2.24, 2.45) is 4.99 Å². The Bertz CT molecular complexity index is 901. The number of anilines is 1. The van der Waals surface area contributed by atoms with Crippen molar-refractivity contribution in [3.63, 3.8) is 0 Å². The largest absolute Gasteiger partial charge is 0.368 e. The van der Waals surface area contributed by atoms with E-state index in [0.717, 1.165) is 45.2 Å². The van der Waals surface area contributed by atoms with Gasteiger partial charge in [-0.3, -0.25) is 4.99 Å². The number of guanidine groups is 1. The predicted molar refractivity (Wildman–Crippen MR) is 134 cm³/mol. The minimum atomic E-state index is 0. The fourth-order valence-corrected chi connectivity index (χ4v) is 3.68. The molecule has 0 spiro atoms. The molecule has 2 aromatic carbocycles. The lowest BCUT2D eigenvalue weighted by molar-refractivity contribution is 0.372. The summed E-state index contributed by atoms with van der Waals surface area (Å²) in [7, 11) is 1.86. The molecule has 0 aliphatic carbocycles. The van der Waals surface area contributed by atoms with E-state index in [-0.39, 0.29) is 24.0 Å². The maximum Gasteiger partial charge on any atom is 0.194 e. The first kappa shape index (κ1) is 22.1. The molecule has 0 bridgehead atoms. The summed E-state index contributed by atoms with van der Waals surface area (Å²) in [5.74, 6) is 0.972. The van der Waals surface area contributed by atoms with E-state index in [1.807, 2.05) is 25.8 Å². The molecule has 6 nitrogen and oxygen atoms in total. The Labute approximate surface area is 195 Å². The van der Waals surface area contributed by atoms with Crippen LogP contribution in [0.25, 0.3) is 0 Å². The van der Waals surface area contributed by atoms with E-state index in [9.17, 15) is 0 Å².